The van der Waals surface area contributed by atoms with E-state index in [1.165, 1.54) is 12.1 Å². The molecule has 3 aromatic rings. The van der Waals surface area contributed by atoms with E-state index >= 15 is 0 Å². The Hall–Kier alpha value is -2.19. The van der Waals surface area contributed by atoms with E-state index in [0.717, 1.165) is 24.3 Å². The number of halogens is 7. The first-order valence-electron chi connectivity index (χ1n) is 8.82. The molecule has 0 aliphatic heterocycles. The molecule has 0 aliphatic rings. The summed E-state index contributed by atoms with van der Waals surface area (Å²) < 4.78 is 79.9. The molecule has 0 saturated carbocycles. The monoisotopic (exact) mass is 434 g/mol. The number of rotatable bonds is 5. The Kier molecular flexibility index (Phi) is 5.87. The van der Waals surface area contributed by atoms with Crippen molar-refractivity contribution in [1.29, 1.82) is 0 Å². The van der Waals surface area contributed by atoms with Crippen LogP contribution in [0.1, 0.15) is 29.5 Å². The summed E-state index contributed by atoms with van der Waals surface area (Å²) in [6.45, 7) is 0.392. The van der Waals surface area contributed by atoms with Gasteiger partial charge in [-0.3, -0.25) is 0 Å². The molecule has 1 heterocycles. The van der Waals surface area contributed by atoms with Gasteiger partial charge in [0, 0.05) is 11.1 Å². The SMILES string of the molecule is NCCCCc1c(-c2cccc(C(F)(F)F)c2)[nH]c2c(C(F)(F)F)ccc(Cl)c12. The fourth-order valence-corrected chi connectivity index (χ4v) is 3.63. The van der Waals surface area contributed by atoms with E-state index in [1.54, 1.807) is 0 Å². The molecule has 0 atom stereocenters. The number of benzene rings is 2. The second-order valence-electron chi connectivity index (χ2n) is 6.65. The van der Waals surface area contributed by atoms with Crippen LogP contribution in [0.5, 0.6) is 0 Å². The number of hydrogen-bond acceptors (Lipinski definition) is 1. The van der Waals surface area contributed by atoms with Gasteiger partial charge in [-0.25, -0.2) is 0 Å². The third-order valence-electron chi connectivity index (χ3n) is 4.67. The Labute approximate surface area is 167 Å². The number of aromatic amines is 1. The van der Waals surface area contributed by atoms with Crippen molar-refractivity contribution in [2.45, 2.75) is 31.6 Å². The number of H-pyrrole nitrogens is 1. The van der Waals surface area contributed by atoms with E-state index in [4.69, 9.17) is 17.3 Å². The van der Waals surface area contributed by atoms with Crippen molar-refractivity contribution in [3.05, 3.63) is 58.1 Å². The minimum absolute atomic E-state index is 0.102. The number of aromatic nitrogens is 1. The lowest BCUT2D eigenvalue weighted by molar-refractivity contribution is -0.138. The van der Waals surface area contributed by atoms with Crippen LogP contribution in [0.2, 0.25) is 5.02 Å². The fourth-order valence-electron chi connectivity index (χ4n) is 3.36. The summed E-state index contributed by atoms with van der Waals surface area (Å²) in [5, 5.41) is 0.274. The number of unbranched alkanes of at least 4 members (excludes halogenated alkanes) is 1. The van der Waals surface area contributed by atoms with Crippen LogP contribution in [0.25, 0.3) is 22.2 Å². The van der Waals surface area contributed by atoms with Gasteiger partial charge in [0.25, 0.3) is 0 Å². The van der Waals surface area contributed by atoms with Gasteiger partial charge in [-0.1, -0.05) is 23.7 Å². The van der Waals surface area contributed by atoms with Gasteiger partial charge in [0.1, 0.15) is 0 Å². The Balaban J connectivity index is 2.28. The summed E-state index contributed by atoms with van der Waals surface area (Å²) in [4.78, 5) is 2.70. The van der Waals surface area contributed by atoms with Crippen LogP contribution in [0.15, 0.2) is 36.4 Å². The van der Waals surface area contributed by atoms with Crippen LogP contribution in [-0.2, 0) is 18.8 Å². The van der Waals surface area contributed by atoms with Gasteiger partial charge in [0.05, 0.1) is 21.7 Å². The minimum atomic E-state index is -4.65. The molecule has 29 heavy (non-hydrogen) atoms. The molecule has 0 saturated heterocycles. The van der Waals surface area contributed by atoms with E-state index in [9.17, 15) is 26.3 Å². The second-order valence-corrected chi connectivity index (χ2v) is 7.05. The zero-order valence-corrected chi connectivity index (χ0v) is 15.8. The molecule has 2 aromatic carbocycles. The van der Waals surface area contributed by atoms with Gasteiger partial charge in [-0.15, -0.1) is 0 Å². The lowest BCUT2D eigenvalue weighted by Crippen LogP contribution is -2.05. The van der Waals surface area contributed by atoms with Crippen LogP contribution in [0.3, 0.4) is 0 Å². The normalized spacial score (nSPS) is 12.7. The van der Waals surface area contributed by atoms with Crippen LogP contribution in [0, 0.1) is 0 Å². The first kappa shape index (κ1) is 21.5. The molecule has 0 amide bonds. The van der Waals surface area contributed by atoms with Crippen LogP contribution >= 0.6 is 11.6 Å². The predicted octanol–water partition coefficient (Wildman–Crippen LogP) is 6.81. The third-order valence-corrected chi connectivity index (χ3v) is 4.99. The van der Waals surface area contributed by atoms with E-state index in [1.807, 2.05) is 0 Å². The lowest BCUT2D eigenvalue weighted by Gasteiger charge is -2.10. The number of nitrogens with one attached hydrogen (secondary N) is 1. The summed E-state index contributed by atoms with van der Waals surface area (Å²) in [6, 6.07) is 6.49. The summed E-state index contributed by atoms with van der Waals surface area (Å²) in [7, 11) is 0. The molecule has 0 radical (unpaired) electrons. The molecule has 9 heteroatoms. The maximum Gasteiger partial charge on any atom is 0.418 e. The van der Waals surface area contributed by atoms with E-state index in [2.05, 4.69) is 4.98 Å². The van der Waals surface area contributed by atoms with Gasteiger partial charge in [0.15, 0.2) is 0 Å². The summed E-state index contributed by atoms with van der Waals surface area (Å²) in [6.07, 6.45) is -7.72. The third kappa shape index (κ3) is 4.38. The minimum Gasteiger partial charge on any atom is -0.354 e. The second kappa shape index (κ2) is 7.91. The number of hydrogen-bond donors (Lipinski definition) is 2. The molecule has 0 unspecified atom stereocenters. The summed E-state index contributed by atoms with van der Waals surface area (Å²) in [5.74, 6) is 0. The van der Waals surface area contributed by atoms with Crippen LogP contribution < -0.4 is 5.73 Å². The topological polar surface area (TPSA) is 41.8 Å². The Morgan fingerprint density at radius 3 is 2.28 bits per heavy atom. The zero-order chi connectivity index (χ0) is 21.4. The average Bonchev–Trinajstić information content (AvgIpc) is 3.01. The highest BCUT2D eigenvalue weighted by molar-refractivity contribution is 6.36. The van der Waals surface area contributed by atoms with Gasteiger partial charge in [-0.2, -0.15) is 26.3 Å². The van der Waals surface area contributed by atoms with Crippen molar-refractivity contribution in [2.75, 3.05) is 6.54 Å². The Bertz CT molecular complexity index is 1020. The molecule has 0 bridgehead atoms. The molecular weight excluding hydrogens is 418 g/mol. The zero-order valence-electron chi connectivity index (χ0n) is 15.0. The highest BCUT2D eigenvalue weighted by Crippen LogP contribution is 2.43. The Morgan fingerprint density at radius 2 is 1.66 bits per heavy atom. The lowest BCUT2D eigenvalue weighted by atomic mass is 9.98. The van der Waals surface area contributed by atoms with Crippen molar-refractivity contribution in [1.82, 2.24) is 4.98 Å². The quantitative estimate of drug-likeness (QED) is 0.336. The number of alkyl halides is 6. The molecule has 3 rings (SSSR count). The van der Waals surface area contributed by atoms with E-state index < -0.39 is 23.5 Å². The molecule has 1 aromatic heterocycles. The number of fused-ring (bicyclic) bond motifs is 1. The number of aryl methyl sites for hydroxylation is 1. The predicted molar refractivity (Wildman–Crippen MR) is 101 cm³/mol. The molecule has 0 fully saturated rings. The van der Waals surface area contributed by atoms with Gasteiger partial charge < -0.3 is 10.7 Å². The van der Waals surface area contributed by atoms with Crippen molar-refractivity contribution >= 4 is 22.5 Å². The van der Waals surface area contributed by atoms with Gasteiger partial charge in [-0.05, 0) is 61.2 Å². The van der Waals surface area contributed by atoms with Gasteiger partial charge >= 0.3 is 12.4 Å². The molecule has 3 N–H and O–H groups in total. The largest absolute Gasteiger partial charge is 0.418 e. The average molecular weight is 435 g/mol. The van der Waals surface area contributed by atoms with E-state index in [-0.39, 0.29) is 27.2 Å². The summed E-state index contributed by atoms with van der Waals surface area (Å²) in [5.41, 5.74) is 4.24. The molecule has 2 nitrogen and oxygen atoms in total. The smallest absolute Gasteiger partial charge is 0.354 e. The van der Waals surface area contributed by atoms with Crippen molar-refractivity contribution in [3.63, 3.8) is 0 Å². The van der Waals surface area contributed by atoms with Crippen LogP contribution in [0.4, 0.5) is 26.3 Å². The number of nitrogens with two attached hydrogens (primary N) is 1. The van der Waals surface area contributed by atoms with Crippen molar-refractivity contribution in [2.24, 2.45) is 5.73 Å². The maximum atomic E-state index is 13.5. The standard InChI is InChI=1S/C20H17ClF6N2/c21-15-8-7-14(20(25,26)27)18-16(15)13(6-1-2-9-28)17(29-18)11-4-3-5-12(10-11)19(22,23)24/h3-5,7-8,10,29H,1-2,6,9,28H2. The highest BCUT2D eigenvalue weighted by atomic mass is 35.5. The Morgan fingerprint density at radius 1 is 0.931 bits per heavy atom. The molecular formula is C20H17ClF6N2. The first-order chi connectivity index (χ1) is 13.5. The van der Waals surface area contributed by atoms with Crippen molar-refractivity contribution < 1.29 is 26.3 Å². The highest BCUT2D eigenvalue weighted by Gasteiger charge is 2.35. The maximum absolute atomic E-state index is 13.5. The van der Waals surface area contributed by atoms with Gasteiger partial charge in [0.2, 0.25) is 0 Å². The molecule has 0 spiro atoms. The van der Waals surface area contributed by atoms with E-state index in [0.29, 0.717) is 31.4 Å². The summed E-state index contributed by atoms with van der Waals surface area (Å²) >= 11 is 6.21. The molecule has 0 aliphatic carbocycles. The van der Waals surface area contributed by atoms with Crippen molar-refractivity contribution in [3.8, 4) is 11.3 Å². The van der Waals surface area contributed by atoms with Crippen LogP contribution in [-0.4, -0.2) is 11.5 Å². The first-order valence-corrected chi connectivity index (χ1v) is 9.19. The fraction of sp³-hybridized carbons (Fsp3) is 0.300. The molecule has 156 valence electrons.